The molecule has 1 aromatic carbocycles. The molecule has 49 heavy (non-hydrogen) atoms. The van der Waals surface area contributed by atoms with Crippen LogP contribution < -0.4 is 20.7 Å². The van der Waals surface area contributed by atoms with Crippen LogP contribution in [0.3, 0.4) is 0 Å². The van der Waals surface area contributed by atoms with E-state index in [1.807, 2.05) is 4.68 Å². The van der Waals surface area contributed by atoms with E-state index in [1.165, 1.54) is 19.8 Å². The third-order valence-electron chi connectivity index (χ3n) is 8.94. The van der Waals surface area contributed by atoms with Gasteiger partial charge in [0.05, 0.1) is 54.5 Å². The van der Waals surface area contributed by atoms with Crippen molar-refractivity contribution in [3.05, 3.63) is 56.7 Å². The lowest BCUT2D eigenvalue weighted by Crippen LogP contribution is -2.28. The topological polar surface area (TPSA) is 124 Å². The molecule has 0 aliphatic carbocycles. The van der Waals surface area contributed by atoms with Crippen LogP contribution in [0.5, 0.6) is 6.01 Å². The minimum absolute atomic E-state index is 0.0774. The fourth-order valence-corrected chi connectivity index (χ4v) is 6.79. The molecule has 0 radical (unpaired) electrons. The molecule has 2 aromatic heterocycles. The first-order valence-electron chi connectivity index (χ1n) is 16.0. The summed E-state index contributed by atoms with van der Waals surface area (Å²) in [5, 5.41) is 7.36. The van der Waals surface area contributed by atoms with Crippen molar-refractivity contribution < 1.29 is 36.2 Å². The zero-order chi connectivity index (χ0) is 35.5. The third kappa shape index (κ3) is 8.35. The molecule has 2 atom stereocenters. The van der Waals surface area contributed by atoms with E-state index in [2.05, 4.69) is 30.2 Å². The predicted octanol–water partition coefficient (Wildman–Crippen LogP) is 5.11. The smallest absolute Gasteiger partial charge is 0.416 e. The standard InChI is InChI=1S/C17H21ClN6O3.C8H7F4N.C7H12FN/c1-19-16(25)14-13(18)12-8-23(5-3-6-24(12)22-14)15-10-9-27-7-4-11(10)20-17(21-15)26-2;1-4-2-7(13)6(9)3-5(4)8(10,11)12;8-6-4-7-2-1-3-9(7)5-6/h3-9H2,1-2H3,(H,19,25);2-3H,13H2,1H3;6-7H,1-5H2. The van der Waals surface area contributed by atoms with Crippen LogP contribution in [0.15, 0.2) is 12.1 Å². The normalized spacial score (nSPS) is 20.1. The SMILES string of the molecule is CNC(=O)c1nn2c(c1Cl)CN(c1nc(OC)nc3c1COCC3)CCC2.Cc1cc(N)c(F)cc1C(F)(F)F.FC1CC2CCCN2C1. The highest BCUT2D eigenvalue weighted by atomic mass is 35.5. The number of aromatic nitrogens is 4. The molecule has 3 N–H and O–H groups in total. The molecular weight excluding hydrogens is 675 g/mol. The Kier molecular flexibility index (Phi) is 11.5. The minimum Gasteiger partial charge on any atom is -0.467 e. The number of ether oxygens (including phenoxy) is 2. The number of halogens is 6. The van der Waals surface area contributed by atoms with Gasteiger partial charge in [-0.25, -0.2) is 8.78 Å². The first-order chi connectivity index (χ1) is 23.3. The Labute approximate surface area is 285 Å². The van der Waals surface area contributed by atoms with Gasteiger partial charge in [0.15, 0.2) is 5.69 Å². The number of anilines is 2. The quantitative estimate of drug-likeness (QED) is 0.282. The van der Waals surface area contributed by atoms with Crippen molar-refractivity contribution >= 4 is 29.0 Å². The zero-order valence-corrected chi connectivity index (χ0v) is 28.3. The Balaban J connectivity index is 0.000000174. The number of amides is 1. The second-order valence-electron chi connectivity index (χ2n) is 12.3. The Morgan fingerprint density at radius 1 is 1.18 bits per heavy atom. The van der Waals surface area contributed by atoms with E-state index in [1.54, 1.807) is 14.2 Å². The van der Waals surface area contributed by atoms with Crippen LogP contribution in [0.4, 0.5) is 33.5 Å². The number of benzene rings is 1. The number of nitrogens with one attached hydrogen (secondary N) is 1. The molecule has 2 fully saturated rings. The number of methoxy groups -OCH3 is 1. The summed E-state index contributed by atoms with van der Waals surface area (Å²) in [6, 6.07) is 2.34. The van der Waals surface area contributed by atoms with Crippen molar-refractivity contribution in [2.24, 2.45) is 0 Å². The van der Waals surface area contributed by atoms with E-state index in [9.17, 15) is 26.7 Å². The van der Waals surface area contributed by atoms with Crippen LogP contribution >= 0.6 is 11.6 Å². The van der Waals surface area contributed by atoms with Crippen LogP contribution in [0.2, 0.25) is 5.02 Å². The largest absolute Gasteiger partial charge is 0.467 e. The molecule has 6 heterocycles. The van der Waals surface area contributed by atoms with Gasteiger partial charge < -0.3 is 25.4 Å². The third-order valence-corrected chi connectivity index (χ3v) is 9.34. The number of hydrogen-bond donors (Lipinski definition) is 2. The molecule has 0 saturated carbocycles. The highest BCUT2D eigenvalue weighted by molar-refractivity contribution is 6.34. The molecular formula is C32H40ClF5N8O3. The van der Waals surface area contributed by atoms with E-state index in [0.717, 1.165) is 61.2 Å². The number of aryl methyl sites for hydroxylation is 2. The van der Waals surface area contributed by atoms with Crippen molar-refractivity contribution in [1.82, 2.24) is 30.0 Å². The highest BCUT2D eigenvalue weighted by Crippen LogP contribution is 2.34. The molecule has 4 aliphatic rings. The Hall–Kier alpha value is -3.76. The highest BCUT2D eigenvalue weighted by Gasteiger charge is 2.35. The molecule has 11 nitrogen and oxygen atoms in total. The number of carbonyl (C=O) groups excluding carboxylic acids is 1. The van der Waals surface area contributed by atoms with Gasteiger partial charge in [-0.2, -0.15) is 28.2 Å². The lowest BCUT2D eigenvalue weighted by atomic mass is 10.1. The molecule has 0 bridgehead atoms. The molecule has 1 amide bonds. The Bertz CT molecular complexity index is 1640. The first kappa shape index (κ1) is 36.5. The average molecular weight is 715 g/mol. The lowest BCUT2D eigenvalue weighted by molar-refractivity contribution is -0.138. The van der Waals surface area contributed by atoms with Gasteiger partial charge in [-0.05, 0) is 56.8 Å². The summed E-state index contributed by atoms with van der Waals surface area (Å²) in [4.78, 5) is 25.5. The summed E-state index contributed by atoms with van der Waals surface area (Å²) in [5.41, 5.74) is 6.75. The van der Waals surface area contributed by atoms with Crippen LogP contribution in [0.1, 0.15) is 64.2 Å². The van der Waals surface area contributed by atoms with E-state index < -0.39 is 23.7 Å². The van der Waals surface area contributed by atoms with Crippen LogP contribution in [0.25, 0.3) is 0 Å². The summed E-state index contributed by atoms with van der Waals surface area (Å²) in [6.45, 7) is 6.16. The van der Waals surface area contributed by atoms with Gasteiger partial charge in [-0.15, -0.1) is 0 Å². The second-order valence-corrected chi connectivity index (χ2v) is 12.6. The number of nitrogens with zero attached hydrogens (tertiary/aromatic N) is 6. The average Bonchev–Trinajstić information content (AvgIpc) is 3.69. The molecule has 0 spiro atoms. The van der Waals surface area contributed by atoms with Crippen molar-refractivity contribution in [3.63, 3.8) is 0 Å². The summed E-state index contributed by atoms with van der Waals surface area (Å²) >= 11 is 6.49. The van der Waals surface area contributed by atoms with Gasteiger partial charge in [-0.3, -0.25) is 14.4 Å². The summed E-state index contributed by atoms with van der Waals surface area (Å²) in [6.07, 6.45) is -0.138. The van der Waals surface area contributed by atoms with Gasteiger partial charge in [0.1, 0.15) is 17.8 Å². The number of hydrogen-bond acceptors (Lipinski definition) is 9. The molecule has 4 aliphatic heterocycles. The Morgan fingerprint density at radius 2 is 1.96 bits per heavy atom. The number of alkyl halides is 4. The number of rotatable bonds is 3. The van der Waals surface area contributed by atoms with Gasteiger partial charge in [0.25, 0.3) is 5.91 Å². The minimum atomic E-state index is -4.53. The maximum absolute atomic E-state index is 12.7. The van der Waals surface area contributed by atoms with Gasteiger partial charge in [0, 0.05) is 44.7 Å². The van der Waals surface area contributed by atoms with Gasteiger partial charge in [0.2, 0.25) is 0 Å². The van der Waals surface area contributed by atoms with Crippen LogP contribution in [-0.2, 0) is 37.0 Å². The van der Waals surface area contributed by atoms with E-state index in [-0.39, 0.29) is 22.9 Å². The van der Waals surface area contributed by atoms with E-state index in [0.29, 0.717) is 56.0 Å². The first-order valence-corrected chi connectivity index (χ1v) is 16.4. The van der Waals surface area contributed by atoms with Gasteiger partial charge >= 0.3 is 12.2 Å². The molecule has 268 valence electrons. The van der Waals surface area contributed by atoms with Crippen LogP contribution in [0, 0.1) is 12.7 Å². The predicted molar refractivity (Wildman–Crippen MR) is 173 cm³/mol. The summed E-state index contributed by atoms with van der Waals surface area (Å²) in [7, 11) is 3.13. The van der Waals surface area contributed by atoms with Crippen molar-refractivity contribution in [2.45, 2.75) is 77.1 Å². The van der Waals surface area contributed by atoms with E-state index in [4.69, 9.17) is 26.8 Å². The zero-order valence-electron chi connectivity index (χ0n) is 27.5. The maximum atomic E-state index is 12.7. The van der Waals surface area contributed by atoms with Crippen molar-refractivity contribution in [3.8, 4) is 6.01 Å². The lowest BCUT2D eigenvalue weighted by Gasteiger charge is -2.27. The van der Waals surface area contributed by atoms with E-state index >= 15 is 0 Å². The second kappa shape index (κ2) is 15.4. The molecule has 3 aromatic rings. The number of nitrogens with two attached hydrogens (primary N) is 1. The van der Waals surface area contributed by atoms with Crippen LogP contribution in [-0.4, -0.2) is 83.2 Å². The Morgan fingerprint density at radius 3 is 2.65 bits per heavy atom. The fourth-order valence-electron chi connectivity index (χ4n) is 6.51. The maximum Gasteiger partial charge on any atom is 0.416 e. The molecule has 2 saturated heterocycles. The van der Waals surface area contributed by atoms with Crippen molar-refractivity contribution in [2.75, 3.05) is 51.0 Å². The monoisotopic (exact) mass is 714 g/mol. The fraction of sp³-hybridized carbons (Fsp3) is 0.562. The van der Waals surface area contributed by atoms with Gasteiger partial charge in [-0.1, -0.05) is 11.6 Å². The number of fused-ring (bicyclic) bond motifs is 3. The number of nitrogen functional groups attached to an aromatic ring is 1. The number of carbonyl (C=O) groups is 1. The van der Waals surface area contributed by atoms with Crippen molar-refractivity contribution in [1.29, 1.82) is 0 Å². The molecule has 17 heteroatoms. The summed E-state index contributed by atoms with van der Waals surface area (Å²) < 4.78 is 74.5. The summed E-state index contributed by atoms with van der Waals surface area (Å²) in [5.74, 6) is -0.539. The molecule has 7 rings (SSSR count). The molecule has 2 unspecified atom stereocenters.